The maximum absolute atomic E-state index is 13.7. The molecule has 7 heteroatoms. The second kappa shape index (κ2) is 8.56. The summed E-state index contributed by atoms with van der Waals surface area (Å²) in [7, 11) is 0. The number of carbonyl (C=O) groups is 1. The van der Waals surface area contributed by atoms with Gasteiger partial charge in [0.1, 0.15) is 16.8 Å². The average molecular weight is 456 g/mol. The third-order valence-electron chi connectivity index (χ3n) is 6.82. The Morgan fingerprint density at radius 2 is 1.74 bits per heavy atom. The summed E-state index contributed by atoms with van der Waals surface area (Å²) in [5.41, 5.74) is 1.96. The van der Waals surface area contributed by atoms with E-state index < -0.39 is 0 Å². The van der Waals surface area contributed by atoms with Gasteiger partial charge < -0.3 is 9.47 Å². The van der Waals surface area contributed by atoms with Crippen LogP contribution < -0.4 is 11.0 Å². The number of piperidine rings is 1. The summed E-state index contributed by atoms with van der Waals surface area (Å²) in [6.07, 6.45) is 2.76. The molecule has 0 aliphatic carbocycles. The number of carbonyl (C=O) groups excluding carboxylic acids is 1. The summed E-state index contributed by atoms with van der Waals surface area (Å²) >= 11 is 0. The molecule has 7 nitrogen and oxygen atoms in total. The first-order valence-corrected chi connectivity index (χ1v) is 11.8. The Kier molecular flexibility index (Phi) is 5.55. The highest BCUT2D eigenvalue weighted by Gasteiger charge is 2.29. The van der Waals surface area contributed by atoms with Crippen molar-refractivity contribution >= 4 is 22.6 Å². The summed E-state index contributed by atoms with van der Waals surface area (Å²) in [5, 5.41) is 9.44. The standard InChI is InChI=1S/C27H29N5O2/c1-17-13-18(2)16-30(15-17)26(33)21-14-22-25(29-23-11-7-8-12-31(23)27(22)34)32(24(21)28)19(3)20-9-5-4-6-10-20/h4-12,14,17-19,28H,13,15-16H2,1-3H3. The predicted octanol–water partition coefficient (Wildman–Crippen LogP) is 3.86. The van der Waals surface area contributed by atoms with Gasteiger partial charge in [0.25, 0.3) is 11.5 Å². The fourth-order valence-corrected chi connectivity index (χ4v) is 5.27. The Bertz CT molecular complexity index is 1500. The van der Waals surface area contributed by atoms with Crippen LogP contribution in [0.5, 0.6) is 0 Å². The van der Waals surface area contributed by atoms with Gasteiger partial charge in [-0.25, -0.2) is 4.98 Å². The topological polar surface area (TPSA) is 83.5 Å². The zero-order chi connectivity index (χ0) is 24.0. The van der Waals surface area contributed by atoms with Crippen LogP contribution >= 0.6 is 0 Å². The summed E-state index contributed by atoms with van der Waals surface area (Å²) in [6.45, 7) is 7.59. The van der Waals surface area contributed by atoms with E-state index in [1.54, 1.807) is 29.0 Å². The average Bonchev–Trinajstić information content (AvgIpc) is 2.83. The normalized spacial score (nSPS) is 19.4. The maximum Gasteiger partial charge on any atom is 0.267 e. The number of aromatic nitrogens is 3. The maximum atomic E-state index is 13.7. The summed E-state index contributed by atoms with van der Waals surface area (Å²) in [5.74, 6) is 0.597. The van der Waals surface area contributed by atoms with Crippen molar-refractivity contribution in [3.8, 4) is 0 Å². The lowest BCUT2D eigenvalue weighted by molar-refractivity contribution is 0.0620. The van der Waals surface area contributed by atoms with Crippen LogP contribution in [0.3, 0.4) is 0 Å². The lowest BCUT2D eigenvalue weighted by Crippen LogP contribution is -2.45. The first-order valence-electron chi connectivity index (χ1n) is 11.8. The molecule has 3 aromatic heterocycles. The van der Waals surface area contributed by atoms with Crippen LogP contribution in [0.1, 0.15) is 49.2 Å². The van der Waals surface area contributed by atoms with Crippen molar-refractivity contribution < 1.29 is 4.79 Å². The van der Waals surface area contributed by atoms with Crippen molar-refractivity contribution in [2.45, 2.75) is 33.2 Å². The number of nitrogens with one attached hydrogen (secondary N) is 1. The first-order chi connectivity index (χ1) is 16.3. The van der Waals surface area contributed by atoms with Crippen LogP contribution in [-0.4, -0.2) is 37.8 Å². The molecule has 174 valence electrons. The number of benzene rings is 1. The minimum atomic E-state index is -0.291. The molecule has 0 radical (unpaired) electrons. The second-order valence-corrected chi connectivity index (χ2v) is 9.60. The number of rotatable bonds is 3. The Balaban J connectivity index is 1.79. The molecule has 5 rings (SSSR count). The molecule has 1 aromatic carbocycles. The van der Waals surface area contributed by atoms with E-state index >= 15 is 0 Å². The van der Waals surface area contributed by atoms with Gasteiger partial charge in [-0.3, -0.25) is 19.4 Å². The largest absolute Gasteiger partial charge is 0.338 e. The van der Waals surface area contributed by atoms with Crippen molar-refractivity contribution in [2.24, 2.45) is 11.8 Å². The number of fused-ring (bicyclic) bond motifs is 2. The molecule has 1 saturated heterocycles. The number of hydrogen-bond donors (Lipinski definition) is 1. The quantitative estimate of drug-likeness (QED) is 0.476. The van der Waals surface area contributed by atoms with Gasteiger partial charge in [0.2, 0.25) is 0 Å². The van der Waals surface area contributed by atoms with E-state index in [2.05, 4.69) is 13.8 Å². The molecule has 1 aliphatic rings. The molecule has 0 spiro atoms. The highest BCUT2D eigenvalue weighted by Crippen LogP contribution is 2.24. The number of pyridine rings is 2. The van der Waals surface area contributed by atoms with Crippen molar-refractivity contribution in [3.05, 3.63) is 87.8 Å². The van der Waals surface area contributed by atoms with E-state index in [0.717, 1.165) is 12.0 Å². The predicted molar refractivity (Wildman–Crippen MR) is 132 cm³/mol. The monoisotopic (exact) mass is 455 g/mol. The molecule has 0 bridgehead atoms. The van der Waals surface area contributed by atoms with E-state index in [4.69, 9.17) is 10.4 Å². The van der Waals surface area contributed by atoms with E-state index in [1.165, 1.54) is 4.40 Å². The van der Waals surface area contributed by atoms with Crippen LogP contribution in [0.25, 0.3) is 16.7 Å². The first kappa shape index (κ1) is 22.1. The summed E-state index contributed by atoms with van der Waals surface area (Å²) in [6, 6.07) is 16.5. The molecule has 1 aliphatic heterocycles. The molecule has 4 aromatic rings. The molecular formula is C27H29N5O2. The van der Waals surface area contributed by atoms with Gasteiger partial charge in [0, 0.05) is 19.3 Å². The Hall–Kier alpha value is -3.74. The molecule has 3 atom stereocenters. The van der Waals surface area contributed by atoms with Crippen LogP contribution in [-0.2, 0) is 0 Å². The Labute approximate surface area is 197 Å². The molecular weight excluding hydrogens is 426 g/mol. The van der Waals surface area contributed by atoms with Crippen LogP contribution in [0.2, 0.25) is 0 Å². The Morgan fingerprint density at radius 3 is 2.44 bits per heavy atom. The van der Waals surface area contributed by atoms with Gasteiger partial charge in [-0.2, -0.15) is 0 Å². The fraction of sp³-hybridized carbons (Fsp3) is 0.333. The molecule has 1 fully saturated rings. The highest BCUT2D eigenvalue weighted by atomic mass is 16.2. The lowest BCUT2D eigenvalue weighted by atomic mass is 9.91. The van der Waals surface area contributed by atoms with Crippen molar-refractivity contribution in [1.82, 2.24) is 18.9 Å². The van der Waals surface area contributed by atoms with E-state index in [0.29, 0.717) is 41.6 Å². The van der Waals surface area contributed by atoms with Crippen LogP contribution in [0, 0.1) is 17.2 Å². The van der Waals surface area contributed by atoms with Gasteiger partial charge in [-0.15, -0.1) is 0 Å². The van der Waals surface area contributed by atoms with Crippen LogP contribution in [0.15, 0.2) is 65.6 Å². The third-order valence-corrected chi connectivity index (χ3v) is 6.82. The minimum Gasteiger partial charge on any atom is -0.338 e. The molecule has 1 N–H and O–H groups in total. The molecule has 0 saturated carbocycles. The van der Waals surface area contributed by atoms with Gasteiger partial charge in [0.15, 0.2) is 0 Å². The van der Waals surface area contributed by atoms with Gasteiger partial charge in [-0.1, -0.05) is 50.2 Å². The highest BCUT2D eigenvalue weighted by molar-refractivity contribution is 5.97. The van der Waals surface area contributed by atoms with Gasteiger partial charge >= 0.3 is 0 Å². The molecule has 1 amide bonds. The fourth-order valence-electron chi connectivity index (χ4n) is 5.27. The van der Waals surface area contributed by atoms with Crippen molar-refractivity contribution in [2.75, 3.05) is 13.1 Å². The van der Waals surface area contributed by atoms with E-state index in [1.807, 2.05) is 48.2 Å². The zero-order valence-corrected chi connectivity index (χ0v) is 19.7. The molecule has 3 unspecified atom stereocenters. The third kappa shape index (κ3) is 3.71. The lowest BCUT2D eigenvalue weighted by Gasteiger charge is -2.35. The summed E-state index contributed by atoms with van der Waals surface area (Å²) in [4.78, 5) is 33.8. The zero-order valence-electron chi connectivity index (χ0n) is 19.7. The minimum absolute atomic E-state index is 0.0758. The number of likely N-dealkylation sites (tertiary alicyclic amines) is 1. The second-order valence-electron chi connectivity index (χ2n) is 9.60. The van der Waals surface area contributed by atoms with Crippen molar-refractivity contribution in [3.63, 3.8) is 0 Å². The molecule has 4 heterocycles. The number of hydrogen-bond acceptors (Lipinski definition) is 4. The van der Waals surface area contributed by atoms with E-state index in [-0.39, 0.29) is 28.6 Å². The smallest absolute Gasteiger partial charge is 0.267 e. The summed E-state index contributed by atoms with van der Waals surface area (Å²) < 4.78 is 3.21. The van der Waals surface area contributed by atoms with E-state index in [9.17, 15) is 9.59 Å². The van der Waals surface area contributed by atoms with Gasteiger partial charge in [-0.05, 0) is 48.9 Å². The number of nitrogens with zero attached hydrogens (tertiary/aromatic N) is 4. The van der Waals surface area contributed by atoms with Crippen LogP contribution in [0.4, 0.5) is 0 Å². The Morgan fingerprint density at radius 1 is 1.06 bits per heavy atom. The number of amides is 1. The SMILES string of the molecule is CC1CC(C)CN(C(=O)c2cc3c(=O)n4ccccc4nc3n(C(C)c3ccccc3)c2=N)C1. The van der Waals surface area contributed by atoms with Crippen molar-refractivity contribution in [1.29, 1.82) is 5.41 Å². The molecule has 34 heavy (non-hydrogen) atoms. The van der Waals surface area contributed by atoms with Gasteiger partial charge in [0.05, 0.1) is 17.0 Å².